The molecule has 1 fully saturated rings. The lowest BCUT2D eigenvalue weighted by molar-refractivity contribution is 0.271. The molecule has 1 aromatic heterocycles. The summed E-state index contributed by atoms with van der Waals surface area (Å²) >= 11 is 0. The van der Waals surface area contributed by atoms with Crippen molar-refractivity contribution in [1.82, 2.24) is 9.29 Å². The molecule has 0 aromatic carbocycles. The van der Waals surface area contributed by atoms with Gasteiger partial charge in [-0.15, -0.1) is 0 Å². The summed E-state index contributed by atoms with van der Waals surface area (Å²) in [5, 5.41) is 8.83. The van der Waals surface area contributed by atoms with E-state index in [0.29, 0.717) is 19.6 Å². The van der Waals surface area contributed by atoms with Gasteiger partial charge < -0.3 is 5.73 Å². The third-order valence-corrected chi connectivity index (χ3v) is 5.12. The molecule has 1 atom stereocenters. The van der Waals surface area contributed by atoms with Crippen LogP contribution in [0.5, 0.6) is 0 Å². The first-order valence-electron chi connectivity index (χ1n) is 6.15. The molecule has 0 amide bonds. The van der Waals surface area contributed by atoms with Crippen LogP contribution in [0.4, 0.5) is 0 Å². The molecular weight excluding hydrogens is 264 g/mol. The average Bonchev–Trinajstić information content (AvgIpc) is 2.47. The molecule has 19 heavy (non-hydrogen) atoms. The molecule has 1 aliphatic heterocycles. The quantitative estimate of drug-likeness (QED) is 0.859. The highest BCUT2D eigenvalue weighted by Crippen LogP contribution is 2.23. The van der Waals surface area contributed by atoms with Gasteiger partial charge in [0.1, 0.15) is 6.07 Å². The minimum atomic E-state index is -3.70. The Balaban J connectivity index is 2.35. The second-order valence-corrected chi connectivity index (χ2v) is 6.43. The highest BCUT2D eigenvalue weighted by atomic mass is 32.2. The summed E-state index contributed by atoms with van der Waals surface area (Å²) in [6.07, 6.45) is 3.11. The Labute approximate surface area is 112 Å². The summed E-state index contributed by atoms with van der Waals surface area (Å²) in [6, 6.07) is 4.89. The standard InChI is InChI=1S/C12H16N4O2S/c13-7-10-3-2-6-16(9-10)19(17,18)12-11(8-14)4-1-5-15-12/h1,4-5,10H,2-3,6-7,9,13H2/t10-/m0/s1. The van der Waals surface area contributed by atoms with Crippen molar-refractivity contribution in [2.75, 3.05) is 19.6 Å². The number of nitriles is 1. The number of hydrogen-bond donors (Lipinski definition) is 1. The number of aromatic nitrogens is 1. The molecule has 1 aliphatic rings. The zero-order valence-corrected chi connectivity index (χ0v) is 11.3. The van der Waals surface area contributed by atoms with E-state index in [4.69, 9.17) is 11.0 Å². The molecule has 2 N–H and O–H groups in total. The molecule has 2 heterocycles. The minimum Gasteiger partial charge on any atom is -0.330 e. The normalized spacial score (nSPS) is 20.9. The smallest absolute Gasteiger partial charge is 0.261 e. The zero-order chi connectivity index (χ0) is 13.9. The molecule has 2 rings (SSSR count). The molecule has 0 unspecified atom stereocenters. The molecule has 0 radical (unpaired) electrons. The molecule has 6 nitrogen and oxygen atoms in total. The van der Waals surface area contributed by atoms with E-state index < -0.39 is 10.0 Å². The van der Waals surface area contributed by atoms with E-state index in [1.54, 1.807) is 6.07 Å². The summed E-state index contributed by atoms with van der Waals surface area (Å²) in [7, 11) is -3.70. The van der Waals surface area contributed by atoms with E-state index >= 15 is 0 Å². The first kappa shape index (κ1) is 13.9. The second kappa shape index (κ2) is 5.65. The third-order valence-electron chi connectivity index (χ3n) is 3.29. The van der Waals surface area contributed by atoms with Gasteiger partial charge in [-0.1, -0.05) is 0 Å². The van der Waals surface area contributed by atoms with Gasteiger partial charge in [-0.25, -0.2) is 13.4 Å². The lowest BCUT2D eigenvalue weighted by Crippen LogP contribution is -2.42. The molecule has 0 saturated carbocycles. The summed E-state index contributed by atoms with van der Waals surface area (Å²) in [5.74, 6) is 0.178. The highest BCUT2D eigenvalue weighted by molar-refractivity contribution is 7.89. The predicted octanol–water partition coefficient (Wildman–Crippen LogP) is 0.313. The Morgan fingerprint density at radius 2 is 2.37 bits per heavy atom. The Bertz CT molecular complexity index is 594. The van der Waals surface area contributed by atoms with E-state index in [1.807, 2.05) is 6.07 Å². The largest absolute Gasteiger partial charge is 0.330 e. The fourth-order valence-corrected chi connectivity index (χ4v) is 3.85. The molecule has 102 valence electrons. The molecule has 1 aromatic rings. The molecular formula is C12H16N4O2S. The fraction of sp³-hybridized carbons (Fsp3) is 0.500. The van der Waals surface area contributed by atoms with Gasteiger partial charge in [0.15, 0.2) is 5.03 Å². The van der Waals surface area contributed by atoms with Gasteiger partial charge in [0, 0.05) is 19.3 Å². The number of rotatable bonds is 3. The van der Waals surface area contributed by atoms with Gasteiger partial charge in [0.05, 0.1) is 5.56 Å². The monoisotopic (exact) mass is 280 g/mol. The van der Waals surface area contributed by atoms with Gasteiger partial charge in [0.25, 0.3) is 10.0 Å². The molecule has 1 saturated heterocycles. The molecule has 7 heteroatoms. The third kappa shape index (κ3) is 2.76. The van der Waals surface area contributed by atoms with Crippen molar-refractivity contribution >= 4 is 10.0 Å². The molecule has 0 spiro atoms. The highest BCUT2D eigenvalue weighted by Gasteiger charge is 2.32. The van der Waals surface area contributed by atoms with Crippen molar-refractivity contribution in [2.24, 2.45) is 11.7 Å². The van der Waals surface area contributed by atoms with E-state index in [-0.39, 0.29) is 16.5 Å². The van der Waals surface area contributed by atoms with Crippen molar-refractivity contribution in [3.63, 3.8) is 0 Å². The average molecular weight is 280 g/mol. The maximum atomic E-state index is 12.5. The molecule has 0 bridgehead atoms. The number of sulfonamides is 1. The Morgan fingerprint density at radius 1 is 1.58 bits per heavy atom. The Kier molecular flexibility index (Phi) is 4.14. The number of hydrogen-bond acceptors (Lipinski definition) is 5. The van der Waals surface area contributed by atoms with E-state index in [9.17, 15) is 8.42 Å². The van der Waals surface area contributed by atoms with Crippen LogP contribution in [0.3, 0.4) is 0 Å². The molecule has 0 aliphatic carbocycles. The number of nitrogens with zero attached hydrogens (tertiary/aromatic N) is 3. The van der Waals surface area contributed by atoms with E-state index in [0.717, 1.165) is 12.8 Å². The lowest BCUT2D eigenvalue weighted by Gasteiger charge is -2.30. The maximum Gasteiger partial charge on any atom is 0.261 e. The van der Waals surface area contributed by atoms with Crippen LogP contribution in [0.2, 0.25) is 0 Å². The second-order valence-electron chi connectivity index (χ2n) is 4.57. The maximum absolute atomic E-state index is 12.5. The lowest BCUT2D eigenvalue weighted by atomic mass is 10.0. The van der Waals surface area contributed by atoms with Crippen molar-refractivity contribution in [3.05, 3.63) is 23.9 Å². The Morgan fingerprint density at radius 3 is 3.05 bits per heavy atom. The topological polar surface area (TPSA) is 100 Å². The van der Waals surface area contributed by atoms with Gasteiger partial charge in [-0.3, -0.25) is 0 Å². The summed E-state index contributed by atoms with van der Waals surface area (Å²) in [4.78, 5) is 3.86. The van der Waals surface area contributed by atoms with Crippen LogP contribution in [0, 0.1) is 17.2 Å². The first-order valence-corrected chi connectivity index (χ1v) is 7.59. The van der Waals surface area contributed by atoms with Crippen LogP contribution >= 0.6 is 0 Å². The van der Waals surface area contributed by atoms with Crippen LogP contribution in [-0.2, 0) is 10.0 Å². The minimum absolute atomic E-state index is 0.0809. The van der Waals surface area contributed by atoms with Crippen LogP contribution in [0.25, 0.3) is 0 Å². The van der Waals surface area contributed by atoms with Crippen LogP contribution < -0.4 is 5.73 Å². The van der Waals surface area contributed by atoms with E-state index in [1.165, 1.54) is 16.6 Å². The first-order chi connectivity index (χ1) is 9.09. The van der Waals surface area contributed by atoms with Crippen LogP contribution in [0.15, 0.2) is 23.4 Å². The van der Waals surface area contributed by atoms with Crippen LogP contribution in [0.1, 0.15) is 18.4 Å². The van der Waals surface area contributed by atoms with E-state index in [2.05, 4.69) is 4.98 Å². The van der Waals surface area contributed by atoms with Gasteiger partial charge in [0.2, 0.25) is 0 Å². The van der Waals surface area contributed by atoms with Gasteiger partial charge >= 0.3 is 0 Å². The predicted molar refractivity (Wildman–Crippen MR) is 69.5 cm³/mol. The number of nitrogens with two attached hydrogens (primary N) is 1. The van der Waals surface area contributed by atoms with Crippen molar-refractivity contribution in [3.8, 4) is 6.07 Å². The number of pyridine rings is 1. The SMILES string of the molecule is N#Cc1cccnc1S(=O)(=O)N1CCC[C@@H](CN)C1. The van der Waals surface area contributed by atoms with Crippen molar-refractivity contribution < 1.29 is 8.42 Å². The zero-order valence-electron chi connectivity index (χ0n) is 10.5. The fourth-order valence-electron chi connectivity index (χ4n) is 2.24. The van der Waals surface area contributed by atoms with Crippen LogP contribution in [-0.4, -0.2) is 37.3 Å². The van der Waals surface area contributed by atoms with Crippen molar-refractivity contribution in [2.45, 2.75) is 17.9 Å². The van der Waals surface area contributed by atoms with Crippen molar-refractivity contribution in [1.29, 1.82) is 5.26 Å². The van der Waals surface area contributed by atoms with Gasteiger partial charge in [-0.2, -0.15) is 9.57 Å². The summed E-state index contributed by atoms with van der Waals surface area (Å²) in [6.45, 7) is 1.33. The van der Waals surface area contributed by atoms with Gasteiger partial charge in [-0.05, 0) is 37.4 Å². The summed E-state index contributed by atoms with van der Waals surface area (Å²) < 4.78 is 26.4. The summed E-state index contributed by atoms with van der Waals surface area (Å²) in [5.41, 5.74) is 5.69. The Hall–Kier alpha value is -1.49. The number of piperidine rings is 1.